The van der Waals surface area contributed by atoms with Crippen molar-refractivity contribution in [3.8, 4) is 17.0 Å². The summed E-state index contributed by atoms with van der Waals surface area (Å²) in [4.78, 5) is 45.0. The fourth-order valence-corrected chi connectivity index (χ4v) is 11.4. The Labute approximate surface area is 300 Å². The third-order valence-corrected chi connectivity index (χ3v) is 14.3. The standard InChI is InChI=1S/C40H50N4O6S/c1-4-21-51(48,49)41-37(46)28-11-13-31-34(22-28)43-25-40(38(47)42-19-16-39(17-20-42)15-8-18-44(39)26(2)45)24-33(40)32-23-29(50-3)12-14-30(32)36(43)35(31)27-9-6-5-7-10-27/h11-14,22-23,27,33H,4-10,15-21,24-25H2,1-3H3,(H,41,46). The number of carbonyl (C=O) groups is 3. The molecule has 0 radical (unpaired) electrons. The first-order valence-electron chi connectivity index (χ1n) is 19.0. The molecule has 1 N–H and O–H groups in total. The molecule has 1 spiro atoms. The molecule has 2 aromatic carbocycles. The molecule has 10 nitrogen and oxygen atoms in total. The average molecular weight is 715 g/mol. The van der Waals surface area contributed by atoms with Gasteiger partial charge in [0, 0.05) is 66.6 Å². The lowest BCUT2D eigenvalue weighted by Crippen LogP contribution is -2.55. The van der Waals surface area contributed by atoms with Crippen molar-refractivity contribution in [2.45, 2.75) is 108 Å². The highest BCUT2D eigenvalue weighted by molar-refractivity contribution is 7.90. The molecule has 2 saturated heterocycles. The number of ether oxygens (including phenoxy) is 1. The molecule has 11 heteroatoms. The van der Waals surface area contributed by atoms with E-state index in [1.54, 1.807) is 27.0 Å². The Morgan fingerprint density at radius 1 is 0.961 bits per heavy atom. The fraction of sp³-hybridized carbons (Fsp3) is 0.575. The van der Waals surface area contributed by atoms with Gasteiger partial charge in [-0.1, -0.05) is 32.3 Å². The van der Waals surface area contributed by atoms with Crippen molar-refractivity contribution < 1.29 is 27.5 Å². The lowest BCUT2D eigenvalue weighted by atomic mass is 9.81. The van der Waals surface area contributed by atoms with Gasteiger partial charge in [-0.2, -0.15) is 0 Å². The quantitative estimate of drug-likeness (QED) is 0.306. The topological polar surface area (TPSA) is 118 Å². The van der Waals surface area contributed by atoms with Gasteiger partial charge in [-0.15, -0.1) is 0 Å². The molecule has 3 aliphatic heterocycles. The zero-order valence-electron chi connectivity index (χ0n) is 30.1. The normalized spacial score (nSPS) is 24.1. The van der Waals surface area contributed by atoms with E-state index in [1.165, 1.54) is 12.0 Å². The van der Waals surface area contributed by atoms with Crippen molar-refractivity contribution in [1.82, 2.24) is 19.1 Å². The summed E-state index contributed by atoms with van der Waals surface area (Å²) in [5, 5.41) is 1.07. The average Bonchev–Trinajstić information content (AvgIpc) is 3.61. The first-order chi connectivity index (χ1) is 24.5. The van der Waals surface area contributed by atoms with Crippen LogP contribution >= 0.6 is 0 Å². The Morgan fingerprint density at radius 2 is 1.73 bits per heavy atom. The van der Waals surface area contributed by atoms with Gasteiger partial charge in [-0.3, -0.25) is 14.4 Å². The van der Waals surface area contributed by atoms with Crippen LogP contribution < -0.4 is 9.46 Å². The minimum absolute atomic E-state index is 0.0195. The molecule has 3 aromatic rings. The van der Waals surface area contributed by atoms with Crippen molar-refractivity contribution >= 4 is 38.6 Å². The third kappa shape index (κ3) is 5.65. The molecule has 2 saturated carbocycles. The number of nitrogens with one attached hydrogen (secondary N) is 1. The fourth-order valence-electron chi connectivity index (χ4n) is 10.3. The molecule has 4 heterocycles. The largest absolute Gasteiger partial charge is 0.497 e. The van der Waals surface area contributed by atoms with Gasteiger partial charge in [0.05, 0.1) is 24.0 Å². The maximum atomic E-state index is 15.0. The van der Waals surface area contributed by atoms with Gasteiger partial charge in [-0.25, -0.2) is 13.1 Å². The molecule has 3 amide bonds. The number of amides is 3. The molecule has 0 bridgehead atoms. The van der Waals surface area contributed by atoms with Gasteiger partial charge in [0.2, 0.25) is 21.8 Å². The van der Waals surface area contributed by atoms with E-state index in [0.717, 1.165) is 97.8 Å². The van der Waals surface area contributed by atoms with Gasteiger partial charge in [0.25, 0.3) is 5.91 Å². The molecule has 51 heavy (non-hydrogen) atoms. The second kappa shape index (κ2) is 12.7. The van der Waals surface area contributed by atoms with E-state index < -0.39 is 21.3 Å². The third-order valence-electron chi connectivity index (χ3n) is 12.9. The molecule has 8 rings (SSSR count). The van der Waals surface area contributed by atoms with E-state index in [4.69, 9.17) is 4.74 Å². The smallest absolute Gasteiger partial charge is 0.264 e. The molecule has 2 atom stereocenters. The summed E-state index contributed by atoms with van der Waals surface area (Å²) in [7, 11) is -2.08. The van der Waals surface area contributed by atoms with Crippen molar-refractivity contribution in [2.75, 3.05) is 32.5 Å². The molecule has 5 aliphatic rings. The van der Waals surface area contributed by atoms with Crippen LogP contribution in [0.1, 0.15) is 118 Å². The van der Waals surface area contributed by atoms with Crippen LogP contribution in [0, 0.1) is 5.41 Å². The van der Waals surface area contributed by atoms with Crippen molar-refractivity contribution in [2.24, 2.45) is 5.41 Å². The summed E-state index contributed by atoms with van der Waals surface area (Å²) in [6.07, 6.45) is 10.4. The number of fused-ring (bicyclic) bond motifs is 7. The van der Waals surface area contributed by atoms with E-state index in [1.807, 2.05) is 23.1 Å². The molecule has 272 valence electrons. The first kappa shape index (κ1) is 34.2. The number of likely N-dealkylation sites (tertiary alicyclic amines) is 2. The maximum absolute atomic E-state index is 15.0. The highest BCUT2D eigenvalue weighted by atomic mass is 32.2. The molecular weight excluding hydrogens is 665 g/mol. The summed E-state index contributed by atoms with van der Waals surface area (Å²) in [5.74, 6) is 0.657. The van der Waals surface area contributed by atoms with Gasteiger partial charge in [0.1, 0.15) is 5.75 Å². The Bertz CT molecular complexity index is 2020. The zero-order valence-corrected chi connectivity index (χ0v) is 30.9. The Morgan fingerprint density at radius 3 is 2.43 bits per heavy atom. The van der Waals surface area contributed by atoms with Crippen LogP contribution in [0.25, 0.3) is 22.2 Å². The van der Waals surface area contributed by atoms with E-state index in [9.17, 15) is 22.8 Å². The summed E-state index contributed by atoms with van der Waals surface area (Å²) in [5.41, 5.74) is 4.99. The molecular formula is C40H50N4O6S. The van der Waals surface area contributed by atoms with Crippen molar-refractivity contribution in [3.05, 3.63) is 53.1 Å². The number of nitrogens with zero attached hydrogens (tertiary/aromatic N) is 3. The second-order valence-corrected chi connectivity index (χ2v) is 17.7. The number of sulfonamides is 1. The van der Waals surface area contributed by atoms with E-state index in [0.29, 0.717) is 32.0 Å². The van der Waals surface area contributed by atoms with Gasteiger partial charge in [-0.05, 0) is 98.7 Å². The van der Waals surface area contributed by atoms with Crippen LogP contribution in [-0.4, -0.2) is 78.5 Å². The second-order valence-electron chi connectivity index (χ2n) is 15.8. The first-order valence-corrected chi connectivity index (χ1v) is 20.6. The SMILES string of the molecule is CCCS(=O)(=O)NC(=O)c1ccc2c(C3CCCCC3)c3n(c2c1)CC1(C(=O)N2CCC4(CCCN4C(C)=O)CC2)CC1c1cc(OC)ccc1-3. The molecule has 4 fully saturated rings. The van der Waals surface area contributed by atoms with E-state index >= 15 is 0 Å². The van der Waals surface area contributed by atoms with Crippen molar-refractivity contribution in [1.29, 1.82) is 0 Å². The van der Waals surface area contributed by atoms with E-state index in [2.05, 4.69) is 26.3 Å². The van der Waals surface area contributed by atoms with Crippen LogP contribution in [0.4, 0.5) is 0 Å². The predicted octanol–water partition coefficient (Wildman–Crippen LogP) is 6.33. The van der Waals surface area contributed by atoms with Crippen LogP contribution in [0.5, 0.6) is 5.75 Å². The summed E-state index contributed by atoms with van der Waals surface area (Å²) < 4.78 is 35.5. The predicted molar refractivity (Wildman–Crippen MR) is 196 cm³/mol. The number of hydrogen-bond donors (Lipinski definition) is 1. The van der Waals surface area contributed by atoms with E-state index in [-0.39, 0.29) is 34.6 Å². The molecule has 2 aliphatic carbocycles. The number of methoxy groups -OCH3 is 1. The summed E-state index contributed by atoms with van der Waals surface area (Å²) >= 11 is 0. The Hall–Kier alpha value is -3.86. The number of benzene rings is 2. The van der Waals surface area contributed by atoms with Crippen LogP contribution in [0.2, 0.25) is 0 Å². The minimum atomic E-state index is -3.76. The Balaban J connectivity index is 1.24. The monoisotopic (exact) mass is 714 g/mol. The number of rotatable bonds is 7. The summed E-state index contributed by atoms with van der Waals surface area (Å²) in [6.45, 7) is 5.97. The summed E-state index contributed by atoms with van der Waals surface area (Å²) in [6, 6.07) is 11.9. The lowest BCUT2D eigenvalue weighted by Gasteiger charge is -2.45. The number of carbonyl (C=O) groups excluding carboxylic acids is 3. The maximum Gasteiger partial charge on any atom is 0.264 e. The highest BCUT2D eigenvalue weighted by Gasteiger charge is 2.64. The molecule has 2 unspecified atom stereocenters. The zero-order chi connectivity index (χ0) is 35.7. The Kier molecular flexibility index (Phi) is 8.51. The van der Waals surface area contributed by atoms with Crippen molar-refractivity contribution in [3.63, 3.8) is 0 Å². The molecule has 1 aromatic heterocycles. The van der Waals surface area contributed by atoms with Gasteiger partial charge < -0.3 is 19.1 Å². The van der Waals surface area contributed by atoms with Gasteiger partial charge >= 0.3 is 0 Å². The van der Waals surface area contributed by atoms with Crippen LogP contribution in [-0.2, 0) is 26.2 Å². The lowest BCUT2D eigenvalue weighted by molar-refractivity contribution is -0.142. The van der Waals surface area contributed by atoms with Crippen LogP contribution in [0.15, 0.2) is 36.4 Å². The number of aromatic nitrogens is 1. The number of piperidine rings is 1. The highest BCUT2D eigenvalue weighted by Crippen LogP contribution is 2.66. The number of hydrogen-bond acceptors (Lipinski definition) is 6. The minimum Gasteiger partial charge on any atom is -0.497 e. The van der Waals surface area contributed by atoms with Crippen LogP contribution in [0.3, 0.4) is 0 Å². The van der Waals surface area contributed by atoms with Gasteiger partial charge in [0.15, 0.2) is 0 Å².